The molecule has 1 N–H and O–H groups in total. The Morgan fingerprint density at radius 2 is 1.83 bits per heavy atom. The van der Waals surface area contributed by atoms with Gasteiger partial charge < -0.3 is 14.6 Å². The van der Waals surface area contributed by atoms with Crippen LogP contribution in [0.15, 0.2) is 0 Å². The molecule has 5 heteroatoms. The molecule has 0 aromatic rings. The van der Waals surface area contributed by atoms with Crippen LogP contribution in [0, 0.1) is 0 Å². The highest BCUT2D eigenvalue weighted by molar-refractivity contribution is 5.81. The molecule has 0 aromatic heterocycles. The summed E-state index contributed by atoms with van der Waals surface area (Å²) in [6, 6.07) is 0. The molecule has 5 nitrogen and oxygen atoms in total. The number of carbonyl (C=O) groups is 1. The molecule has 0 aliphatic heterocycles. The van der Waals surface area contributed by atoms with Crippen LogP contribution < -0.4 is 0 Å². The van der Waals surface area contributed by atoms with Gasteiger partial charge in [-0.3, -0.25) is 4.79 Å². The molecule has 0 heterocycles. The van der Waals surface area contributed by atoms with Crippen molar-refractivity contribution < 1.29 is 19.4 Å². The second kappa shape index (κ2) is 5.55. The SMILES string of the molecule is COC(=O)C1(N(C)C(O)OC(C)(C)C)CCCC1. The third-order valence-corrected chi connectivity index (χ3v) is 3.46. The Bertz CT molecular complexity index is 292. The molecule has 0 spiro atoms. The van der Waals surface area contributed by atoms with Crippen molar-refractivity contribution >= 4 is 5.97 Å². The third-order valence-electron chi connectivity index (χ3n) is 3.46. The van der Waals surface area contributed by atoms with E-state index >= 15 is 0 Å². The van der Waals surface area contributed by atoms with Gasteiger partial charge in [-0.2, -0.15) is 0 Å². The predicted molar refractivity (Wildman–Crippen MR) is 67.8 cm³/mol. The van der Waals surface area contributed by atoms with Crippen molar-refractivity contribution in [2.24, 2.45) is 0 Å². The standard InChI is InChI=1S/C13H25NO4/c1-12(2,3)18-11(16)14(4)13(10(15)17-5)8-6-7-9-13/h11,16H,6-9H2,1-5H3. The van der Waals surface area contributed by atoms with E-state index in [1.165, 1.54) is 7.11 Å². The van der Waals surface area contributed by atoms with Gasteiger partial charge in [0, 0.05) is 0 Å². The van der Waals surface area contributed by atoms with E-state index in [0.717, 1.165) is 12.8 Å². The highest BCUT2D eigenvalue weighted by atomic mass is 16.6. The van der Waals surface area contributed by atoms with Crippen molar-refractivity contribution in [3.63, 3.8) is 0 Å². The molecule has 1 aliphatic rings. The smallest absolute Gasteiger partial charge is 0.326 e. The van der Waals surface area contributed by atoms with E-state index in [9.17, 15) is 9.90 Å². The molecule has 1 fully saturated rings. The van der Waals surface area contributed by atoms with Crippen molar-refractivity contribution in [3.05, 3.63) is 0 Å². The second-order valence-electron chi connectivity index (χ2n) is 5.90. The lowest BCUT2D eigenvalue weighted by molar-refractivity contribution is -0.256. The zero-order chi connectivity index (χ0) is 14.0. The maximum absolute atomic E-state index is 12.0. The maximum Gasteiger partial charge on any atom is 0.326 e. The van der Waals surface area contributed by atoms with E-state index in [4.69, 9.17) is 9.47 Å². The summed E-state index contributed by atoms with van der Waals surface area (Å²) in [4.78, 5) is 13.6. The molecule has 1 atom stereocenters. The number of hydrogen-bond acceptors (Lipinski definition) is 5. The second-order valence-corrected chi connectivity index (χ2v) is 5.90. The quantitative estimate of drug-likeness (QED) is 0.612. The average molecular weight is 259 g/mol. The Kier molecular flexibility index (Phi) is 4.75. The highest BCUT2D eigenvalue weighted by Gasteiger charge is 2.48. The summed E-state index contributed by atoms with van der Waals surface area (Å²) in [5, 5.41) is 10.1. The monoisotopic (exact) mass is 259 g/mol. The first kappa shape index (κ1) is 15.4. The van der Waals surface area contributed by atoms with Gasteiger partial charge in [-0.15, -0.1) is 0 Å². The van der Waals surface area contributed by atoms with Crippen molar-refractivity contribution in [3.8, 4) is 0 Å². The normalized spacial score (nSPS) is 21.1. The van der Waals surface area contributed by atoms with Gasteiger partial charge in [0.05, 0.1) is 12.7 Å². The molecule has 1 unspecified atom stereocenters. The number of esters is 1. The zero-order valence-corrected chi connectivity index (χ0v) is 12.0. The minimum absolute atomic E-state index is 0.293. The lowest BCUT2D eigenvalue weighted by Gasteiger charge is -2.40. The highest BCUT2D eigenvalue weighted by Crippen LogP contribution is 2.37. The number of aliphatic hydroxyl groups is 1. The van der Waals surface area contributed by atoms with Gasteiger partial charge in [0.1, 0.15) is 5.54 Å². The Balaban J connectivity index is 2.83. The summed E-state index contributed by atoms with van der Waals surface area (Å²) in [5.74, 6) is -0.293. The molecule has 106 valence electrons. The third kappa shape index (κ3) is 3.22. The van der Waals surface area contributed by atoms with E-state index in [0.29, 0.717) is 12.8 Å². The van der Waals surface area contributed by atoms with Crippen LogP contribution in [0.1, 0.15) is 46.5 Å². The largest absolute Gasteiger partial charge is 0.468 e. The van der Waals surface area contributed by atoms with Crippen LogP contribution >= 0.6 is 0 Å². The van der Waals surface area contributed by atoms with Crippen molar-refractivity contribution in [2.75, 3.05) is 14.2 Å². The lowest BCUT2D eigenvalue weighted by Crippen LogP contribution is -2.57. The maximum atomic E-state index is 12.0. The zero-order valence-electron chi connectivity index (χ0n) is 12.0. The number of carbonyl (C=O) groups excluding carboxylic acids is 1. The summed E-state index contributed by atoms with van der Waals surface area (Å²) in [6.45, 7) is 5.59. The van der Waals surface area contributed by atoms with Gasteiger partial charge in [0.2, 0.25) is 6.41 Å². The van der Waals surface area contributed by atoms with E-state index in [-0.39, 0.29) is 5.97 Å². The van der Waals surface area contributed by atoms with Crippen LogP contribution in [0.4, 0.5) is 0 Å². The summed E-state index contributed by atoms with van der Waals surface area (Å²) in [7, 11) is 3.09. The molecule has 0 saturated heterocycles. The summed E-state index contributed by atoms with van der Waals surface area (Å²) >= 11 is 0. The minimum Gasteiger partial charge on any atom is -0.468 e. The van der Waals surface area contributed by atoms with Gasteiger partial charge in [-0.25, -0.2) is 4.90 Å². The summed E-state index contributed by atoms with van der Waals surface area (Å²) < 4.78 is 10.4. The summed E-state index contributed by atoms with van der Waals surface area (Å²) in [5.41, 5.74) is -1.22. The number of ether oxygens (including phenoxy) is 2. The fraction of sp³-hybridized carbons (Fsp3) is 0.923. The number of likely N-dealkylation sites (N-methyl/N-ethyl adjacent to an activating group) is 1. The fourth-order valence-electron chi connectivity index (χ4n) is 2.46. The molecular weight excluding hydrogens is 234 g/mol. The number of hydrogen-bond donors (Lipinski definition) is 1. The van der Waals surface area contributed by atoms with Crippen LogP contribution in [0.5, 0.6) is 0 Å². The van der Waals surface area contributed by atoms with E-state index in [1.54, 1.807) is 11.9 Å². The Labute approximate surface area is 109 Å². The van der Waals surface area contributed by atoms with Gasteiger partial charge in [-0.1, -0.05) is 12.8 Å². The van der Waals surface area contributed by atoms with Crippen LogP contribution in [0.3, 0.4) is 0 Å². The first-order valence-electron chi connectivity index (χ1n) is 6.40. The van der Waals surface area contributed by atoms with E-state index < -0.39 is 17.6 Å². The molecule has 18 heavy (non-hydrogen) atoms. The van der Waals surface area contributed by atoms with Crippen molar-refractivity contribution in [2.45, 2.75) is 64.0 Å². The van der Waals surface area contributed by atoms with Gasteiger partial charge in [0.15, 0.2) is 0 Å². The van der Waals surface area contributed by atoms with Crippen molar-refractivity contribution in [1.82, 2.24) is 4.90 Å². The Morgan fingerprint density at radius 3 is 2.22 bits per heavy atom. The molecule has 0 amide bonds. The number of nitrogens with zero attached hydrogens (tertiary/aromatic N) is 1. The topological polar surface area (TPSA) is 59.0 Å². The average Bonchev–Trinajstić information content (AvgIpc) is 2.74. The molecule has 0 bridgehead atoms. The van der Waals surface area contributed by atoms with Crippen molar-refractivity contribution in [1.29, 1.82) is 0 Å². The number of methoxy groups -OCH3 is 1. The lowest BCUT2D eigenvalue weighted by atomic mass is 9.96. The van der Waals surface area contributed by atoms with Crippen LogP contribution in [-0.2, 0) is 14.3 Å². The minimum atomic E-state index is -1.11. The first-order valence-corrected chi connectivity index (χ1v) is 6.40. The number of aliphatic hydroxyl groups excluding tert-OH is 1. The molecule has 1 aliphatic carbocycles. The molecule has 1 saturated carbocycles. The summed E-state index contributed by atoms with van der Waals surface area (Å²) in [6.07, 6.45) is 2.20. The van der Waals surface area contributed by atoms with E-state index in [1.807, 2.05) is 20.8 Å². The van der Waals surface area contributed by atoms with Gasteiger partial charge in [-0.05, 0) is 40.7 Å². The Hall–Kier alpha value is -0.650. The predicted octanol–water partition coefficient (Wildman–Crippen LogP) is 1.49. The van der Waals surface area contributed by atoms with Gasteiger partial charge in [0.25, 0.3) is 0 Å². The number of rotatable bonds is 4. The van der Waals surface area contributed by atoms with E-state index in [2.05, 4.69) is 0 Å². The van der Waals surface area contributed by atoms with Crippen LogP contribution in [-0.4, -0.2) is 47.7 Å². The molecule has 0 radical (unpaired) electrons. The molecule has 0 aromatic carbocycles. The van der Waals surface area contributed by atoms with Gasteiger partial charge >= 0.3 is 5.97 Å². The van der Waals surface area contributed by atoms with Crippen LogP contribution in [0.2, 0.25) is 0 Å². The molecule has 1 rings (SSSR count). The van der Waals surface area contributed by atoms with Crippen LogP contribution in [0.25, 0.3) is 0 Å². The first-order chi connectivity index (χ1) is 8.23. The Morgan fingerprint density at radius 1 is 1.33 bits per heavy atom. The molecular formula is C13H25NO4. The fourth-order valence-corrected chi connectivity index (χ4v) is 2.46.